The average molecular weight is 295 g/mol. The van der Waals surface area contributed by atoms with Gasteiger partial charge in [0.25, 0.3) is 0 Å². The van der Waals surface area contributed by atoms with E-state index in [1.54, 1.807) is 6.92 Å². The van der Waals surface area contributed by atoms with Crippen LogP contribution in [-0.4, -0.2) is 30.9 Å². The van der Waals surface area contributed by atoms with Crippen molar-refractivity contribution < 1.29 is 21.9 Å². The van der Waals surface area contributed by atoms with Gasteiger partial charge < -0.3 is 5.73 Å². The maximum absolute atomic E-state index is 11.5. The van der Waals surface area contributed by atoms with Crippen LogP contribution in [0, 0.1) is 5.92 Å². The molecule has 0 spiro atoms. The molecule has 0 heterocycles. The van der Waals surface area contributed by atoms with E-state index in [9.17, 15) is 13.2 Å². The molecule has 19 heavy (non-hydrogen) atoms. The molecule has 0 amide bonds. The summed E-state index contributed by atoms with van der Waals surface area (Å²) < 4.78 is 30.7. The summed E-state index contributed by atoms with van der Waals surface area (Å²) in [5.41, 5.74) is 6.02. The van der Waals surface area contributed by atoms with E-state index in [1.807, 2.05) is 20.8 Å². The smallest absolute Gasteiger partial charge is 0.325 e. The Morgan fingerprint density at radius 1 is 1.42 bits per heavy atom. The first-order valence-corrected chi connectivity index (χ1v) is 7.33. The number of Topliss-reactive ketones (excluding diaryl/α,β-unsaturated/α-hetero) is 1. The van der Waals surface area contributed by atoms with Crippen LogP contribution in [0.25, 0.3) is 0 Å². The highest BCUT2D eigenvalue weighted by Gasteiger charge is 2.29. The zero-order valence-corrected chi connectivity index (χ0v) is 13.1. The molecule has 0 aromatic rings. The number of hydrogen-bond acceptors (Lipinski definition) is 5. The molecule has 6 nitrogen and oxygen atoms in total. The number of rotatable bonds is 6. The molecule has 0 aliphatic carbocycles. The summed E-state index contributed by atoms with van der Waals surface area (Å²) in [7, 11) is -4.17. The fourth-order valence-corrected chi connectivity index (χ4v) is 1.79. The maximum atomic E-state index is 11.5. The van der Waals surface area contributed by atoms with Crippen LogP contribution < -0.4 is 5.73 Å². The predicted octanol–water partition coefficient (Wildman–Crippen LogP) is 1.72. The standard InChI is InChI=1S/C10H19NO.C2H6O4S/c1-6-8(10(4,5)11)9(12)7(2)3;1-2-6-7(3,4)5/h8H,2,6,11H2,1,3-5H3;2H2,1H3,(H,3,4,5). The van der Waals surface area contributed by atoms with Crippen molar-refractivity contribution in [3.05, 3.63) is 12.2 Å². The number of nitrogens with two attached hydrogens (primary N) is 1. The molecule has 0 rings (SSSR count). The Hall–Kier alpha value is -0.760. The van der Waals surface area contributed by atoms with Gasteiger partial charge in [-0.25, -0.2) is 4.18 Å². The van der Waals surface area contributed by atoms with Crippen molar-refractivity contribution in [1.82, 2.24) is 0 Å². The summed E-state index contributed by atoms with van der Waals surface area (Å²) in [4.78, 5) is 11.5. The number of carbonyl (C=O) groups excluding carboxylic acids is 1. The first-order valence-electron chi connectivity index (χ1n) is 5.97. The Labute approximate surface area is 116 Å². The molecule has 0 radical (unpaired) electrons. The van der Waals surface area contributed by atoms with Gasteiger partial charge in [0, 0.05) is 11.5 Å². The minimum Gasteiger partial charge on any atom is -0.325 e. The summed E-state index contributed by atoms with van der Waals surface area (Å²) in [5, 5.41) is 0. The van der Waals surface area contributed by atoms with Crippen LogP contribution in [-0.2, 0) is 19.4 Å². The van der Waals surface area contributed by atoms with Gasteiger partial charge in [-0.05, 0) is 39.7 Å². The Kier molecular flexibility index (Phi) is 9.11. The lowest BCUT2D eigenvalue weighted by Gasteiger charge is -2.28. The molecule has 0 saturated heterocycles. The largest absolute Gasteiger partial charge is 0.397 e. The highest BCUT2D eigenvalue weighted by Crippen LogP contribution is 2.20. The van der Waals surface area contributed by atoms with Crippen LogP contribution in [0.5, 0.6) is 0 Å². The first kappa shape index (κ1) is 20.6. The second-order valence-electron chi connectivity index (χ2n) is 4.76. The van der Waals surface area contributed by atoms with Crippen molar-refractivity contribution >= 4 is 16.2 Å². The van der Waals surface area contributed by atoms with Gasteiger partial charge in [0.15, 0.2) is 5.78 Å². The third-order valence-corrected chi connectivity index (χ3v) is 2.84. The molecular weight excluding hydrogens is 270 g/mol. The van der Waals surface area contributed by atoms with E-state index in [4.69, 9.17) is 10.3 Å². The van der Waals surface area contributed by atoms with Gasteiger partial charge in [-0.3, -0.25) is 9.35 Å². The molecule has 0 bridgehead atoms. The van der Waals surface area contributed by atoms with Gasteiger partial charge in [0.1, 0.15) is 0 Å². The summed E-state index contributed by atoms with van der Waals surface area (Å²) in [6.07, 6.45) is 0.773. The number of ketones is 1. The van der Waals surface area contributed by atoms with Crippen molar-refractivity contribution in [1.29, 1.82) is 0 Å². The number of allylic oxidation sites excluding steroid dienone is 1. The SMILES string of the molecule is C=C(C)C(=O)C(CC)C(C)(C)N.CCOS(=O)(=O)O. The summed E-state index contributed by atoms with van der Waals surface area (Å²) in [6, 6.07) is 0. The molecule has 0 aliphatic heterocycles. The van der Waals surface area contributed by atoms with Crippen molar-refractivity contribution in [2.24, 2.45) is 11.7 Å². The molecule has 114 valence electrons. The van der Waals surface area contributed by atoms with Gasteiger partial charge in [-0.15, -0.1) is 0 Å². The highest BCUT2D eigenvalue weighted by atomic mass is 32.3. The van der Waals surface area contributed by atoms with Crippen LogP contribution in [0.15, 0.2) is 12.2 Å². The van der Waals surface area contributed by atoms with Gasteiger partial charge in [0.2, 0.25) is 0 Å². The quantitative estimate of drug-likeness (QED) is 0.571. The summed E-state index contributed by atoms with van der Waals surface area (Å²) in [5.74, 6) is -0.0139. The fraction of sp³-hybridized carbons (Fsp3) is 0.750. The molecule has 1 unspecified atom stereocenters. The average Bonchev–Trinajstić information content (AvgIpc) is 2.14. The normalized spacial score (nSPS) is 13.2. The van der Waals surface area contributed by atoms with Crippen LogP contribution in [0.2, 0.25) is 0 Å². The molecular formula is C12H25NO5S. The number of carbonyl (C=O) groups is 1. The second kappa shape index (κ2) is 8.42. The van der Waals surface area contributed by atoms with E-state index in [1.165, 1.54) is 6.92 Å². The van der Waals surface area contributed by atoms with Gasteiger partial charge in [0.05, 0.1) is 6.61 Å². The van der Waals surface area contributed by atoms with Crippen molar-refractivity contribution in [2.75, 3.05) is 6.61 Å². The molecule has 7 heteroatoms. The van der Waals surface area contributed by atoms with Crippen LogP contribution in [0.3, 0.4) is 0 Å². The van der Waals surface area contributed by atoms with E-state index < -0.39 is 15.9 Å². The van der Waals surface area contributed by atoms with Gasteiger partial charge in [-0.2, -0.15) is 8.42 Å². The van der Waals surface area contributed by atoms with E-state index in [0.717, 1.165) is 6.42 Å². The van der Waals surface area contributed by atoms with E-state index >= 15 is 0 Å². The maximum Gasteiger partial charge on any atom is 0.397 e. The van der Waals surface area contributed by atoms with E-state index in [0.29, 0.717) is 5.57 Å². The van der Waals surface area contributed by atoms with Crippen LogP contribution in [0.4, 0.5) is 0 Å². The highest BCUT2D eigenvalue weighted by molar-refractivity contribution is 7.80. The van der Waals surface area contributed by atoms with Crippen LogP contribution in [0.1, 0.15) is 41.0 Å². The van der Waals surface area contributed by atoms with Crippen molar-refractivity contribution in [3.8, 4) is 0 Å². The second-order valence-corrected chi connectivity index (χ2v) is 5.85. The molecule has 0 aromatic heterocycles. The molecule has 0 saturated carbocycles. The lowest BCUT2D eigenvalue weighted by atomic mass is 9.81. The Bertz CT molecular complexity index is 395. The van der Waals surface area contributed by atoms with Gasteiger partial charge in [-0.1, -0.05) is 13.5 Å². The summed E-state index contributed by atoms with van der Waals surface area (Å²) >= 11 is 0. The zero-order chi connectivity index (χ0) is 15.9. The fourth-order valence-electron chi connectivity index (χ4n) is 1.50. The van der Waals surface area contributed by atoms with E-state index in [2.05, 4.69) is 10.8 Å². The third-order valence-electron chi connectivity index (χ3n) is 2.31. The molecule has 1 atom stereocenters. The minimum absolute atomic E-state index is 0.0289. The first-order chi connectivity index (χ1) is 8.36. The number of hydrogen-bond donors (Lipinski definition) is 2. The molecule has 0 aromatic carbocycles. The molecule has 0 fully saturated rings. The lowest BCUT2D eigenvalue weighted by Crippen LogP contribution is -2.44. The third kappa shape index (κ3) is 10.8. The minimum atomic E-state index is -4.17. The van der Waals surface area contributed by atoms with Crippen LogP contribution >= 0.6 is 0 Å². The topological polar surface area (TPSA) is 107 Å². The molecule has 0 aliphatic rings. The molecule has 3 N–H and O–H groups in total. The zero-order valence-electron chi connectivity index (χ0n) is 12.3. The Morgan fingerprint density at radius 3 is 1.89 bits per heavy atom. The van der Waals surface area contributed by atoms with Gasteiger partial charge >= 0.3 is 10.4 Å². The predicted molar refractivity (Wildman–Crippen MR) is 75.0 cm³/mol. The van der Waals surface area contributed by atoms with Crippen molar-refractivity contribution in [3.63, 3.8) is 0 Å². The van der Waals surface area contributed by atoms with Crippen molar-refractivity contribution in [2.45, 2.75) is 46.6 Å². The van der Waals surface area contributed by atoms with E-state index in [-0.39, 0.29) is 18.3 Å². The Morgan fingerprint density at radius 2 is 1.84 bits per heavy atom. The monoisotopic (exact) mass is 295 g/mol. The Balaban J connectivity index is 0. The summed E-state index contributed by atoms with van der Waals surface area (Å²) in [6.45, 7) is 12.5. The lowest BCUT2D eigenvalue weighted by molar-refractivity contribution is -0.120.